The van der Waals surface area contributed by atoms with E-state index in [1.807, 2.05) is 0 Å². The highest BCUT2D eigenvalue weighted by atomic mass is 32.2. The monoisotopic (exact) mass is 323 g/mol. The molecule has 0 spiro atoms. The molecule has 2 rings (SSSR count). The van der Waals surface area contributed by atoms with Gasteiger partial charge in [0.05, 0.1) is 24.1 Å². The molecule has 0 unspecified atom stereocenters. The zero-order valence-corrected chi connectivity index (χ0v) is 12.6. The SMILES string of the molecule is COc1ccc(S(=O)(=O)NCC(=O)c2ccccc2F)cc1. The van der Waals surface area contributed by atoms with E-state index in [2.05, 4.69) is 4.72 Å². The van der Waals surface area contributed by atoms with Gasteiger partial charge in [-0.2, -0.15) is 0 Å². The van der Waals surface area contributed by atoms with E-state index in [4.69, 9.17) is 4.74 Å². The Balaban J connectivity index is 2.09. The van der Waals surface area contributed by atoms with Crippen LogP contribution in [0.5, 0.6) is 5.75 Å². The number of carbonyl (C=O) groups is 1. The van der Waals surface area contributed by atoms with Crippen LogP contribution in [-0.2, 0) is 10.0 Å². The van der Waals surface area contributed by atoms with Gasteiger partial charge in [0.25, 0.3) is 0 Å². The lowest BCUT2D eigenvalue weighted by Gasteiger charge is -2.07. The largest absolute Gasteiger partial charge is 0.497 e. The van der Waals surface area contributed by atoms with Crippen LogP contribution in [0.25, 0.3) is 0 Å². The third kappa shape index (κ3) is 3.69. The molecule has 0 fully saturated rings. The van der Waals surface area contributed by atoms with E-state index in [0.29, 0.717) is 5.75 Å². The summed E-state index contributed by atoms with van der Waals surface area (Å²) < 4.78 is 44.7. The van der Waals surface area contributed by atoms with E-state index < -0.39 is 28.2 Å². The van der Waals surface area contributed by atoms with Crippen molar-refractivity contribution < 1.29 is 22.3 Å². The molecule has 1 N–H and O–H groups in total. The predicted octanol–water partition coefficient (Wildman–Crippen LogP) is 2.00. The van der Waals surface area contributed by atoms with Crippen LogP contribution in [0.1, 0.15) is 10.4 Å². The van der Waals surface area contributed by atoms with E-state index in [1.54, 1.807) is 0 Å². The second-order valence-corrected chi connectivity index (χ2v) is 6.17. The number of Topliss-reactive ketones (excluding diaryl/α,β-unsaturated/α-hetero) is 1. The normalized spacial score (nSPS) is 11.2. The van der Waals surface area contributed by atoms with Gasteiger partial charge in [-0.3, -0.25) is 4.79 Å². The number of methoxy groups -OCH3 is 1. The van der Waals surface area contributed by atoms with Crippen molar-refractivity contribution >= 4 is 15.8 Å². The molecule has 0 heterocycles. The molecular weight excluding hydrogens is 309 g/mol. The summed E-state index contributed by atoms with van der Waals surface area (Å²) in [5, 5.41) is 0. The van der Waals surface area contributed by atoms with Crippen LogP contribution >= 0.6 is 0 Å². The quantitative estimate of drug-likeness (QED) is 0.825. The number of benzene rings is 2. The third-order valence-electron chi connectivity index (χ3n) is 2.97. The number of ether oxygens (including phenoxy) is 1. The molecule has 0 aliphatic heterocycles. The molecule has 7 heteroatoms. The van der Waals surface area contributed by atoms with Crippen molar-refractivity contribution in [1.29, 1.82) is 0 Å². The molecule has 116 valence electrons. The number of ketones is 1. The summed E-state index contributed by atoms with van der Waals surface area (Å²) in [6.45, 7) is -0.519. The molecule has 0 bridgehead atoms. The average molecular weight is 323 g/mol. The second-order valence-electron chi connectivity index (χ2n) is 4.40. The first kappa shape index (κ1) is 16.1. The molecule has 5 nitrogen and oxygen atoms in total. The van der Waals surface area contributed by atoms with Crippen molar-refractivity contribution in [3.8, 4) is 5.75 Å². The second kappa shape index (κ2) is 6.67. The van der Waals surface area contributed by atoms with E-state index in [1.165, 1.54) is 49.6 Å². The van der Waals surface area contributed by atoms with Crippen molar-refractivity contribution in [3.05, 3.63) is 59.9 Å². The van der Waals surface area contributed by atoms with Crippen LogP contribution in [-0.4, -0.2) is 27.9 Å². The molecule has 0 atom stereocenters. The number of nitrogens with one attached hydrogen (secondary N) is 1. The summed E-state index contributed by atoms with van der Waals surface area (Å²) >= 11 is 0. The minimum absolute atomic E-state index is 0.00497. The highest BCUT2D eigenvalue weighted by Gasteiger charge is 2.17. The van der Waals surface area contributed by atoms with Crippen molar-refractivity contribution in [2.45, 2.75) is 4.90 Å². The fourth-order valence-corrected chi connectivity index (χ4v) is 2.76. The van der Waals surface area contributed by atoms with Gasteiger partial charge in [-0.05, 0) is 36.4 Å². The number of sulfonamides is 1. The van der Waals surface area contributed by atoms with Crippen molar-refractivity contribution in [3.63, 3.8) is 0 Å². The first-order valence-electron chi connectivity index (χ1n) is 6.35. The summed E-state index contributed by atoms with van der Waals surface area (Å²) in [4.78, 5) is 11.9. The minimum atomic E-state index is -3.85. The molecule has 0 saturated carbocycles. The highest BCUT2D eigenvalue weighted by molar-refractivity contribution is 7.89. The van der Waals surface area contributed by atoms with Gasteiger partial charge in [0.15, 0.2) is 5.78 Å². The predicted molar refractivity (Wildman–Crippen MR) is 78.9 cm³/mol. The fraction of sp³-hybridized carbons (Fsp3) is 0.133. The van der Waals surface area contributed by atoms with Gasteiger partial charge in [0.1, 0.15) is 11.6 Å². The van der Waals surface area contributed by atoms with Crippen LogP contribution in [0.4, 0.5) is 4.39 Å². The van der Waals surface area contributed by atoms with Gasteiger partial charge in [0, 0.05) is 0 Å². The number of hydrogen-bond acceptors (Lipinski definition) is 4. The first-order valence-corrected chi connectivity index (χ1v) is 7.84. The molecular formula is C15H14FNO4S. The van der Waals surface area contributed by atoms with E-state index in [-0.39, 0.29) is 10.5 Å². The standard InChI is InChI=1S/C15H14FNO4S/c1-21-11-6-8-12(9-7-11)22(19,20)17-10-15(18)13-4-2-3-5-14(13)16/h2-9,17H,10H2,1H3. The van der Waals surface area contributed by atoms with Gasteiger partial charge in [-0.15, -0.1) is 0 Å². The fourth-order valence-electron chi connectivity index (χ4n) is 1.78. The Morgan fingerprint density at radius 3 is 2.36 bits per heavy atom. The molecule has 0 aromatic heterocycles. The summed E-state index contributed by atoms with van der Waals surface area (Å²) in [7, 11) is -2.38. The lowest BCUT2D eigenvalue weighted by atomic mass is 10.1. The molecule has 0 radical (unpaired) electrons. The van der Waals surface area contributed by atoms with E-state index >= 15 is 0 Å². The van der Waals surface area contributed by atoms with Gasteiger partial charge >= 0.3 is 0 Å². The topological polar surface area (TPSA) is 72.5 Å². The van der Waals surface area contributed by atoms with Crippen LogP contribution < -0.4 is 9.46 Å². The Hall–Kier alpha value is -2.25. The summed E-state index contributed by atoms with van der Waals surface area (Å²) in [6.07, 6.45) is 0. The lowest BCUT2D eigenvalue weighted by Crippen LogP contribution is -2.30. The number of halogens is 1. The van der Waals surface area contributed by atoms with Gasteiger partial charge in [-0.25, -0.2) is 17.5 Å². The Morgan fingerprint density at radius 1 is 1.14 bits per heavy atom. The Morgan fingerprint density at radius 2 is 1.77 bits per heavy atom. The molecule has 2 aromatic carbocycles. The molecule has 0 saturated heterocycles. The molecule has 2 aromatic rings. The van der Waals surface area contributed by atoms with Gasteiger partial charge in [0.2, 0.25) is 10.0 Å². The maximum Gasteiger partial charge on any atom is 0.240 e. The van der Waals surface area contributed by atoms with Crippen molar-refractivity contribution in [2.24, 2.45) is 0 Å². The summed E-state index contributed by atoms with van der Waals surface area (Å²) in [5.74, 6) is -0.812. The number of rotatable bonds is 6. The third-order valence-corrected chi connectivity index (χ3v) is 4.38. The maximum atomic E-state index is 13.5. The number of carbonyl (C=O) groups excluding carboxylic acids is 1. The van der Waals surface area contributed by atoms with Crippen LogP contribution in [0.3, 0.4) is 0 Å². The molecule has 22 heavy (non-hydrogen) atoms. The van der Waals surface area contributed by atoms with E-state index in [0.717, 1.165) is 6.07 Å². The van der Waals surface area contributed by atoms with Crippen LogP contribution in [0.2, 0.25) is 0 Å². The van der Waals surface area contributed by atoms with E-state index in [9.17, 15) is 17.6 Å². The molecule has 0 aliphatic carbocycles. The first-order chi connectivity index (χ1) is 10.4. The average Bonchev–Trinajstić information content (AvgIpc) is 2.53. The summed E-state index contributed by atoms with van der Waals surface area (Å²) in [6, 6.07) is 11.1. The van der Waals surface area contributed by atoms with Crippen LogP contribution in [0, 0.1) is 5.82 Å². The number of hydrogen-bond donors (Lipinski definition) is 1. The zero-order valence-electron chi connectivity index (χ0n) is 11.7. The molecule has 0 aliphatic rings. The molecule has 0 amide bonds. The maximum absolute atomic E-state index is 13.5. The Labute approximate surface area is 127 Å². The van der Waals surface area contributed by atoms with Crippen molar-refractivity contribution in [2.75, 3.05) is 13.7 Å². The Bertz CT molecular complexity index is 772. The van der Waals surface area contributed by atoms with Crippen molar-refractivity contribution in [1.82, 2.24) is 4.72 Å². The van der Waals surface area contributed by atoms with Gasteiger partial charge < -0.3 is 4.74 Å². The Kier molecular flexibility index (Phi) is 4.89. The summed E-state index contributed by atoms with van der Waals surface area (Å²) in [5.41, 5.74) is -0.153. The highest BCUT2D eigenvalue weighted by Crippen LogP contribution is 2.15. The smallest absolute Gasteiger partial charge is 0.240 e. The lowest BCUT2D eigenvalue weighted by molar-refractivity contribution is 0.0993. The minimum Gasteiger partial charge on any atom is -0.497 e. The van der Waals surface area contributed by atoms with Crippen LogP contribution in [0.15, 0.2) is 53.4 Å². The zero-order chi connectivity index (χ0) is 16.2. The van der Waals surface area contributed by atoms with Gasteiger partial charge in [-0.1, -0.05) is 12.1 Å².